The summed E-state index contributed by atoms with van der Waals surface area (Å²) in [6.45, 7) is 12.4. The summed E-state index contributed by atoms with van der Waals surface area (Å²) in [7, 11) is 0. The first-order chi connectivity index (χ1) is 13.7. The monoisotopic (exact) mass is 404 g/mol. The van der Waals surface area contributed by atoms with Gasteiger partial charge in [-0.1, -0.05) is 53.9 Å². The molecule has 0 aromatic carbocycles. The van der Waals surface area contributed by atoms with Crippen LogP contribution in [0.25, 0.3) is 0 Å². The number of rotatable bonds is 5. The molecule has 168 valence electrons. The zero-order chi connectivity index (χ0) is 21.0. The fraction of sp³-hybridized carbons (Fsp3) is 1.00. The molecule has 0 spiro atoms. The van der Waals surface area contributed by atoms with Gasteiger partial charge >= 0.3 is 0 Å². The molecule has 0 bridgehead atoms. The molecule has 4 aliphatic rings. The minimum absolute atomic E-state index is 0.254. The van der Waals surface area contributed by atoms with Crippen LogP contribution in [-0.2, 0) is 0 Å². The molecule has 0 radical (unpaired) electrons. The predicted molar refractivity (Wildman–Crippen MR) is 120 cm³/mol. The van der Waals surface area contributed by atoms with Crippen molar-refractivity contribution in [1.82, 2.24) is 0 Å². The van der Waals surface area contributed by atoms with Gasteiger partial charge in [0.15, 0.2) is 0 Å². The van der Waals surface area contributed by atoms with Crippen molar-refractivity contribution in [3.05, 3.63) is 0 Å². The van der Waals surface area contributed by atoms with Crippen molar-refractivity contribution in [3.63, 3.8) is 0 Å². The first kappa shape index (κ1) is 22.1. The molecule has 0 aromatic rings. The van der Waals surface area contributed by atoms with Crippen molar-refractivity contribution in [3.8, 4) is 0 Å². The Morgan fingerprint density at radius 3 is 2.14 bits per heavy atom. The van der Waals surface area contributed by atoms with Gasteiger partial charge in [0.25, 0.3) is 0 Å². The fourth-order valence-electron chi connectivity index (χ4n) is 9.34. The molecule has 4 fully saturated rings. The van der Waals surface area contributed by atoms with E-state index in [-0.39, 0.29) is 5.41 Å². The summed E-state index contributed by atoms with van der Waals surface area (Å²) in [6.07, 6.45) is 13.3. The van der Waals surface area contributed by atoms with Gasteiger partial charge < -0.3 is 10.2 Å². The van der Waals surface area contributed by atoms with Gasteiger partial charge in [-0.2, -0.15) is 0 Å². The van der Waals surface area contributed by atoms with E-state index in [0.717, 1.165) is 54.8 Å². The third kappa shape index (κ3) is 3.63. The molecule has 2 heteroatoms. The van der Waals surface area contributed by atoms with E-state index >= 15 is 0 Å². The van der Waals surface area contributed by atoms with Gasteiger partial charge in [-0.05, 0) is 104 Å². The first-order valence-electron chi connectivity index (χ1n) is 13.0. The maximum atomic E-state index is 10.8. The van der Waals surface area contributed by atoms with E-state index in [1.165, 1.54) is 51.4 Å². The minimum atomic E-state index is -0.486. The molecular weight excluding hydrogens is 356 g/mol. The molecular formula is C27H48O2. The molecule has 2 N–H and O–H groups in total. The maximum Gasteiger partial charge on any atom is 0.0832 e. The van der Waals surface area contributed by atoms with Crippen LogP contribution in [-0.4, -0.2) is 22.4 Å². The van der Waals surface area contributed by atoms with Crippen LogP contribution in [0.4, 0.5) is 0 Å². The first-order valence-corrected chi connectivity index (χ1v) is 13.0. The molecule has 4 rings (SSSR count). The molecule has 2 nitrogen and oxygen atoms in total. The van der Waals surface area contributed by atoms with Crippen LogP contribution in [0, 0.1) is 52.3 Å². The quantitative estimate of drug-likeness (QED) is 0.553. The molecule has 10 atom stereocenters. The number of aliphatic hydroxyl groups is 2. The lowest BCUT2D eigenvalue weighted by molar-refractivity contribution is -0.174. The smallest absolute Gasteiger partial charge is 0.0832 e. The van der Waals surface area contributed by atoms with Crippen LogP contribution in [0.1, 0.15) is 105 Å². The van der Waals surface area contributed by atoms with Crippen molar-refractivity contribution >= 4 is 0 Å². The van der Waals surface area contributed by atoms with Crippen molar-refractivity contribution in [2.75, 3.05) is 0 Å². The van der Waals surface area contributed by atoms with Crippen LogP contribution in [0.15, 0.2) is 0 Å². The van der Waals surface area contributed by atoms with Gasteiger partial charge in [-0.15, -0.1) is 0 Å². The van der Waals surface area contributed by atoms with Gasteiger partial charge in [-0.25, -0.2) is 0 Å². The Morgan fingerprint density at radius 2 is 1.41 bits per heavy atom. The third-order valence-electron chi connectivity index (χ3n) is 10.9. The lowest BCUT2D eigenvalue weighted by atomic mass is 9.44. The Hall–Kier alpha value is -0.0800. The molecule has 0 aliphatic heterocycles. The zero-order valence-corrected chi connectivity index (χ0v) is 19.9. The van der Waals surface area contributed by atoms with Crippen molar-refractivity contribution in [1.29, 1.82) is 0 Å². The predicted octanol–water partition coefficient (Wildman–Crippen LogP) is 6.44. The second kappa shape index (κ2) is 8.12. The lowest BCUT2D eigenvalue weighted by Crippen LogP contribution is -2.58. The number of hydrogen-bond acceptors (Lipinski definition) is 2. The summed E-state index contributed by atoms with van der Waals surface area (Å²) in [6, 6.07) is 0. The zero-order valence-electron chi connectivity index (χ0n) is 19.9. The molecule has 0 saturated heterocycles. The summed E-state index contributed by atoms with van der Waals surface area (Å²) in [4.78, 5) is 0. The third-order valence-corrected chi connectivity index (χ3v) is 10.9. The molecule has 0 amide bonds. The number of fused-ring (bicyclic) bond motifs is 5. The van der Waals surface area contributed by atoms with Crippen LogP contribution in [0.3, 0.4) is 0 Å². The summed E-state index contributed by atoms with van der Waals surface area (Å²) in [5.41, 5.74) is 0.804. The number of hydrogen-bond donors (Lipinski definition) is 2. The van der Waals surface area contributed by atoms with E-state index in [1.54, 1.807) is 0 Å². The van der Waals surface area contributed by atoms with Gasteiger partial charge in [0.05, 0.1) is 12.2 Å². The Morgan fingerprint density at radius 1 is 0.759 bits per heavy atom. The van der Waals surface area contributed by atoms with Gasteiger partial charge in [0.2, 0.25) is 0 Å². The average molecular weight is 405 g/mol. The highest BCUT2D eigenvalue weighted by Crippen LogP contribution is 2.68. The second-order valence-electron chi connectivity index (χ2n) is 12.7. The van der Waals surface area contributed by atoms with E-state index in [1.807, 2.05) is 0 Å². The van der Waals surface area contributed by atoms with Crippen LogP contribution in [0.2, 0.25) is 0 Å². The second-order valence-corrected chi connectivity index (χ2v) is 12.7. The highest BCUT2D eigenvalue weighted by Gasteiger charge is 2.61. The van der Waals surface area contributed by atoms with Crippen molar-refractivity contribution in [2.45, 2.75) is 117 Å². The largest absolute Gasteiger partial charge is 0.390 e. The molecule has 10 unspecified atom stereocenters. The normalized spacial score (nSPS) is 50.7. The Balaban J connectivity index is 1.48. The molecule has 4 saturated carbocycles. The molecule has 0 aromatic heterocycles. The standard InChI is InChI=1S/C27H48O2/c1-17(2)7-6-8-18(3)20-11-12-21-19-9-10-23-25(29)24(28)14-16-27(23,5)22(19)13-15-26(20,21)4/h17-25,28-29H,6-16H2,1-5H3. The van der Waals surface area contributed by atoms with E-state index in [9.17, 15) is 10.2 Å². The van der Waals surface area contributed by atoms with Crippen molar-refractivity contribution < 1.29 is 10.2 Å². The fourth-order valence-corrected chi connectivity index (χ4v) is 9.34. The summed E-state index contributed by atoms with van der Waals surface area (Å²) >= 11 is 0. The molecule has 0 heterocycles. The molecule has 4 aliphatic carbocycles. The SMILES string of the molecule is CC(C)CCCC(C)C1CCC2C3CCC4C(O)C(O)CCC4(C)C3CCC12C. The van der Waals surface area contributed by atoms with Gasteiger partial charge in [0, 0.05) is 0 Å². The van der Waals surface area contributed by atoms with E-state index in [0.29, 0.717) is 11.3 Å². The van der Waals surface area contributed by atoms with E-state index in [4.69, 9.17) is 0 Å². The van der Waals surface area contributed by atoms with Gasteiger partial charge in [-0.3, -0.25) is 0 Å². The maximum absolute atomic E-state index is 10.8. The average Bonchev–Trinajstić information content (AvgIpc) is 3.02. The van der Waals surface area contributed by atoms with Gasteiger partial charge in [0.1, 0.15) is 0 Å². The van der Waals surface area contributed by atoms with E-state index in [2.05, 4.69) is 34.6 Å². The summed E-state index contributed by atoms with van der Waals surface area (Å²) in [5, 5.41) is 21.0. The van der Waals surface area contributed by atoms with Crippen molar-refractivity contribution in [2.24, 2.45) is 52.3 Å². The van der Waals surface area contributed by atoms with Crippen LogP contribution in [0.5, 0.6) is 0 Å². The molecule has 29 heavy (non-hydrogen) atoms. The topological polar surface area (TPSA) is 40.5 Å². The minimum Gasteiger partial charge on any atom is -0.390 e. The lowest BCUT2D eigenvalue weighted by Gasteiger charge is -2.62. The highest BCUT2D eigenvalue weighted by molar-refractivity contribution is 5.11. The Bertz CT molecular complexity index is 573. The summed E-state index contributed by atoms with van der Waals surface area (Å²) < 4.78 is 0. The Labute approximate surface area is 180 Å². The van der Waals surface area contributed by atoms with Crippen LogP contribution < -0.4 is 0 Å². The van der Waals surface area contributed by atoms with E-state index < -0.39 is 12.2 Å². The summed E-state index contributed by atoms with van der Waals surface area (Å²) in [5.74, 6) is 5.50. The van der Waals surface area contributed by atoms with Crippen LogP contribution >= 0.6 is 0 Å². The Kier molecular flexibility index (Phi) is 6.19. The highest BCUT2D eigenvalue weighted by atomic mass is 16.3. The number of aliphatic hydroxyl groups excluding tert-OH is 2.